The number of hydrogen-bond donors (Lipinski definition) is 1. The quantitative estimate of drug-likeness (QED) is 0.619. The normalized spacial score (nSPS) is 23.9. The molecule has 0 atom stereocenters. The number of alkyl carbamates (subject to hydrolysis) is 1. The van der Waals surface area contributed by atoms with E-state index in [4.69, 9.17) is 21.1 Å². The Kier molecular flexibility index (Phi) is 6.11. The fourth-order valence-electron chi connectivity index (χ4n) is 1.98. The van der Waals surface area contributed by atoms with Gasteiger partial charge in [0.15, 0.2) is 0 Å². The predicted octanol–water partition coefficient (Wildman–Crippen LogP) is 1.68. The monoisotopic (exact) mass is 263 g/mol. The van der Waals surface area contributed by atoms with Gasteiger partial charge in [0.25, 0.3) is 0 Å². The van der Waals surface area contributed by atoms with Gasteiger partial charge in [-0.05, 0) is 25.7 Å². The van der Waals surface area contributed by atoms with Gasteiger partial charge in [-0.2, -0.15) is 0 Å². The molecule has 1 saturated carbocycles. The standard InChI is InChI=1S/C11H18ClNO4/c1-16-10(14)8-2-4-9(5-3-8)13-11(15)17-7-6-12/h8-9H,2-7H2,1H3,(H,13,15). The number of esters is 1. The van der Waals surface area contributed by atoms with Gasteiger partial charge in [-0.1, -0.05) is 0 Å². The lowest BCUT2D eigenvalue weighted by Crippen LogP contribution is -2.39. The number of carbonyl (C=O) groups is 2. The average molecular weight is 264 g/mol. The Bertz CT molecular complexity index is 264. The molecule has 1 amide bonds. The van der Waals surface area contributed by atoms with Crippen molar-refractivity contribution in [2.45, 2.75) is 31.7 Å². The van der Waals surface area contributed by atoms with Crippen LogP contribution >= 0.6 is 11.6 Å². The lowest BCUT2D eigenvalue weighted by atomic mass is 9.86. The van der Waals surface area contributed by atoms with Gasteiger partial charge in [-0.25, -0.2) is 4.79 Å². The molecule has 0 saturated heterocycles. The van der Waals surface area contributed by atoms with E-state index in [0.717, 1.165) is 25.7 Å². The summed E-state index contributed by atoms with van der Waals surface area (Å²) in [5.74, 6) is 0.104. The summed E-state index contributed by atoms with van der Waals surface area (Å²) < 4.78 is 9.51. The van der Waals surface area contributed by atoms with Crippen LogP contribution in [0.25, 0.3) is 0 Å². The van der Waals surface area contributed by atoms with E-state index >= 15 is 0 Å². The van der Waals surface area contributed by atoms with Crippen molar-refractivity contribution < 1.29 is 19.1 Å². The minimum atomic E-state index is -0.438. The summed E-state index contributed by atoms with van der Waals surface area (Å²) in [6, 6.07) is 0.0822. The second-order valence-electron chi connectivity index (χ2n) is 4.04. The average Bonchev–Trinajstić information content (AvgIpc) is 2.36. The number of amides is 1. The molecule has 1 aliphatic carbocycles. The first kappa shape index (κ1) is 14.1. The van der Waals surface area contributed by atoms with Crippen LogP contribution in [0, 0.1) is 5.92 Å². The predicted molar refractivity (Wildman–Crippen MR) is 63.0 cm³/mol. The molecule has 0 bridgehead atoms. The molecule has 0 unspecified atom stereocenters. The number of ether oxygens (including phenoxy) is 2. The van der Waals surface area contributed by atoms with Crippen LogP contribution < -0.4 is 5.32 Å². The van der Waals surface area contributed by atoms with Crippen molar-refractivity contribution in [3.05, 3.63) is 0 Å². The fraction of sp³-hybridized carbons (Fsp3) is 0.818. The summed E-state index contributed by atoms with van der Waals surface area (Å²) in [7, 11) is 1.40. The van der Waals surface area contributed by atoms with Crippen molar-refractivity contribution in [1.29, 1.82) is 0 Å². The molecule has 98 valence electrons. The number of halogens is 1. The summed E-state index contributed by atoms with van der Waals surface area (Å²) in [5, 5.41) is 2.76. The van der Waals surface area contributed by atoms with Gasteiger partial charge >= 0.3 is 12.1 Å². The van der Waals surface area contributed by atoms with E-state index < -0.39 is 6.09 Å². The largest absolute Gasteiger partial charge is 0.469 e. The van der Waals surface area contributed by atoms with Gasteiger partial charge in [0.05, 0.1) is 18.9 Å². The van der Waals surface area contributed by atoms with Gasteiger partial charge < -0.3 is 14.8 Å². The number of alkyl halides is 1. The zero-order valence-electron chi connectivity index (χ0n) is 9.91. The van der Waals surface area contributed by atoms with Gasteiger partial charge in [0.1, 0.15) is 6.61 Å². The highest BCUT2D eigenvalue weighted by atomic mass is 35.5. The highest BCUT2D eigenvalue weighted by Gasteiger charge is 2.27. The summed E-state index contributed by atoms with van der Waals surface area (Å²) >= 11 is 5.40. The lowest BCUT2D eigenvalue weighted by Gasteiger charge is -2.27. The third kappa shape index (κ3) is 4.81. The SMILES string of the molecule is COC(=O)C1CCC(NC(=O)OCCCl)CC1. The highest BCUT2D eigenvalue weighted by molar-refractivity contribution is 6.18. The van der Waals surface area contributed by atoms with E-state index in [9.17, 15) is 9.59 Å². The number of rotatable bonds is 4. The van der Waals surface area contributed by atoms with Crippen molar-refractivity contribution in [3.8, 4) is 0 Å². The zero-order valence-corrected chi connectivity index (χ0v) is 10.7. The van der Waals surface area contributed by atoms with E-state index in [1.807, 2.05) is 0 Å². The number of carbonyl (C=O) groups excluding carboxylic acids is 2. The molecule has 5 nitrogen and oxygen atoms in total. The van der Waals surface area contributed by atoms with E-state index in [1.165, 1.54) is 7.11 Å². The molecule has 1 rings (SSSR count). The van der Waals surface area contributed by atoms with Gasteiger partial charge in [0.2, 0.25) is 0 Å². The molecule has 1 fully saturated rings. The van der Waals surface area contributed by atoms with Crippen LogP contribution in [0.4, 0.5) is 4.79 Å². The molecule has 0 aromatic rings. The van der Waals surface area contributed by atoms with E-state index in [2.05, 4.69) is 5.32 Å². The number of methoxy groups -OCH3 is 1. The molecule has 0 aliphatic heterocycles. The number of hydrogen-bond acceptors (Lipinski definition) is 4. The first-order valence-corrected chi connectivity index (χ1v) is 6.28. The molecule has 0 spiro atoms. The van der Waals surface area contributed by atoms with Gasteiger partial charge in [-0.15, -0.1) is 11.6 Å². The molecule has 0 heterocycles. The maximum absolute atomic E-state index is 11.3. The molecule has 17 heavy (non-hydrogen) atoms. The van der Waals surface area contributed by atoms with Gasteiger partial charge in [-0.3, -0.25) is 4.79 Å². The van der Waals surface area contributed by atoms with Crippen LogP contribution in [0.5, 0.6) is 0 Å². The third-order valence-corrected chi connectivity index (χ3v) is 3.05. The molecular formula is C11H18ClNO4. The number of nitrogens with one attached hydrogen (secondary N) is 1. The molecule has 0 aromatic heterocycles. The van der Waals surface area contributed by atoms with Crippen molar-refractivity contribution in [1.82, 2.24) is 5.32 Å². The van der Waals surface area contributed by atoms with Crippen molar-refractivity contribution in [2.75, 3.05) is 19.6 Å². The van der Waals surface area contributed by atoms with Crippen molar-refractivity contribution in [2.24, 2.45) is 5.92 Å². The first-order valence-electron chi connectivity index (χ1n) is 5.74. The molecular weight excluding hydrogens is 246 g/mol. The Morgan fingerprint density at radius 3 is 2.47 bits per heavy atom. The van der Waals surface area contributed by atoms with Crippen LogP contribution in [-0.2, 0) is 14.3 Å². The molecule has 6 heteroatoms. The van der Waals surface area contributed by atoms with E-state index in [0.29, 0.717) is 5.88 Å². The first-order chi connectivity index (χ1) is 8.17. The molecule has 1 N–H and O–H groups in total. The molecule has 1 aliphatic rings. The molecule has 0 aromatic carbocycles. The minimum Gasteiger partial charge on any atom is -0.469 e. The smallest absolute Gasteiger partial charge is 0.407 e. The maximum atomic E-state index is 11.3. The highest BCUT2D eigenvalue weighted by Crippen LogP contribution is 2.25. The van der Waals surface area contributed by atoms with Crippen LogP contribution in [-0.4, -0.2) is 37.7 Å². The van der Waals surface area contributed by atoms with Crippen LogP contribution in [0.2, 0.25) is 0 Å². The lowest BCUT2D eigenvalue weighted by molar-refractivity contribution is -0.146. The molecule has 0 radical (unpaired) electrons. The Morgan fingerprint density at radius 1 is 1.29 bits per heavy atom. The van der Waals surface area contributed by atoms with E-state index in [1.54, 1.807) is 0 Å². The second kappa shape index (κ2) is 7.37. The second-order valence-corrected chi connectivity index (χ2v) is 4.42. The maximum Gasteiger partial charge on any atom is 0.407 e. The van der Waals surface area contributed by atoms with Crippen molar-refractivity contribution >= 4 is 23.7 Å². The fourth-order valence-corrected chi connectivity index (χ4v) is 2.06. The van der Waals surface area contributed by atoms with Crippen LogP contribution in [0.15, 0.2) is 0 Å². The topological polar surface area (TPSA) is 64.6 Å². The Morgan fingerprint density at radius 2 is 1.94 bits per heavy atom. The Hall–Kier alpha value is -0.970. The summed E-state index contributed by atoms with van der Waals surface area (Å²) in [5.41, 5.74) is 0. The van der Waals surface area contributed by atoms with Crippen molar-refractivity contribution in [3.63, 3.8) is 0 Å². The Balaban J connectivity index is 2.23. The summed E-state index contributed by atoms with van der Waals surface area (Å²) in [6.07, 6.45) is 2.60. The Labute approximate surface area is 106 Å². The van der Waals surface area contributed by atoms with Crippen LogP contribution in [0.1, 0.15) is 25.7 Å². The third-order valence-electron chi connectivity index (χ3n) is 2.89. The summed E-state index contributed by atoms with van der Waals surface area (Å²) in [6.45, 7) is 0.213. The summed E-state index contributed by atoms with van der Waals surface area (Å²) in [4.78, 5) is 22.5. The van der Waals surface area contributed by atoms with Crippen LogP contribution in [0.3, 0.4) is 0 Å². The van der Waals surface area contributed by atoms with E-state index in [-0.39, 0.29) is 24.5 Å². The zero-order chi connectivity index (χ0) is 12.7. The minimum absolute atomic E-state index is 0.0306. The van der Waals surface area contributed by atoms with Gasteiger partial charge in [0, 0.05) is 6.04 Å².